The van der Waals surface area contributed by atoms with Crippen molar-refractivity contribution in [1.82, 2.24) is 0 Å². The predicted molar refractivity (Wildman–Crippen MR) is 78.9 cm³/mol. The molecule has 2 rings (SSSR count). The molecule has 0 aliphatic heterocycles. The second kappa shape index (κ2) is 5.79. The van der Waals surface area contributed by atoms with Crippen LogP contribution in [-0.4, -0.2) is 22.7 Å². The molecule has 1 aliphatic carbocycles. The van der Waals surface area contributed by atoms with E-state index in [9.17, 15) is 15.2 Å². The first-order valence-electron chi connectivity index (χ1n) is 7.10. The number of hydrogen-bond acceptors (Lipinski definition) is 4. The molecule has 5 nitrogen and oxygen atoms in total. The van der Waals surface area contributed by atoms with Gasteiger partial charge in [0.1, 0.15) is 5.69 Å². The summed E-state index contributed by atoms with van der Waals surface area (Å²) in [4.78, 5) is 10.7. The van der Waals surface area contributed by atoms with Crippen LogP contribution < -0.4 is 5.32 Å². The average molecular weight is 278 g/mol. The highest BCUT2D eigenvalue weighted by Crippen LogP contribution is 2.37. The second-order valence-corrected chi connectivity index (χ2v) is 6.00. The van der Waals surface area contributed by atoms with Crippen molar-refractivity contribution < 1.29 is 10.0 Å². The molecule has 20 heavy (non-hydrogen) atoms. The summed E-state index contributed by atoms with van der Waals surface area (Å²) in [6.07, 6.45) is 3.58. The number of para-hydroxylation sites is 1. The average Bonchev–Trinajstić information content (AvgIpc) is 2.40. The van der Waals surface area contributed by atoms with E-state index < -0.39 is 0 Å². The number of rotatable bonds is 4. The number of aliphatic hydroxyl groups excluding tert-OH is 1. The summed E-state index contributed by atoms with van der Waals surface area (Å²) in [5.74, 6) is 0. The first-order chi connectivity index (χ1) is 9.44. The van der Waals surface area contributed by atoms with E-state index in [1.54, 1.807) is 6.07 Å². The number of benzene rings is 1. The molecule has 1 aliphatic rings. The van der Waals surface area contributed by atoms with E-state index in [4.69, 9.17) is 0 Å². The van der Waals surface area contributed by atoms with Gasteiger partial charge in [0.15, 0.2) is 0 Å². The third-order valence-corrected chi connectivity index (χ3v) is 4.40. The number of hydrogen-bond donors (Lipinski definition) is 2. The van der Waals surface area contributed by atoms with E-state index >= 15 is 0 Å². The number of nitrogens with one attached hydrogen (secondary N) is 1. The first-order valence-corrected chi connectivity index (χ1v) is 7.10. The Labute approximate surface area is 119 Å². The Hall–Kier alpha value is -1.62. The highest BCUT2D eigenvalue weighted by molar-refractivity contribution is 5.66. The number of nitrogens with zero attached hydrogens (tertiary/aromatic N) is 1. The van der Waals surface area contributed by atoms with Crippen LogP contribution in [0.4, 0.5) is 11.4 Å². The van der Waals surface area contributed by atoms with Gasteiger partial charge < -0.3 is 10.4 Å². The highest BCUT2D eigenvalue weighted by atomic mass is 16.6. The summed E-state index contributed by atoms with van der Waals surface area (Å²) >= 11 is 0. The summed E-state index contributed by atoms with van der Waals surface area (Å²) in [5.41, 5.74) is 1.30. The minimum Gasteiger partial charge on any atom is -0.392 e. The van der Waals surface area contributed by atoms with E-state index in [0.717, 1.165) is 31.2 Å². The number of nitro groups is 1. The van der Waals surface area contributed by atoms with Gasteiger partial charge in [0, 0.05) is 18.0 Å². The summed E-state index contributed by atoms with van der Waals surface area (Å²) in [6, 6.07) is 5.06. The maximum absolute atomic E-state index is 11.1. The predicted octanol–water partition coefficient (Wildman–Crippen LogP) is 3.26. The molecule has 0 aromatic heterocycles. The van der Waals surface area contributed by atoms with Gasteiger partial charge in [-0.1, -0.05) is 31.9 Å². The minimum absolute atomic E-state index is 0.0962. The second-order valence-electron chi connectivity index (χ2n) is 6.00. The van der Waals surface area contributed by atoms with Gasteiger partial charge in [-0.05, 0) is 25.3 Å². The number of aliphatic hydroxyl groups is 1. The van der Waals surface area contributed by atoms with E-state index in [1.165, 1.54) is 6.07 Å². The molecule has 0 bridgehead atoms. The first kappa shape index (κ1) is 14.8. The van der Waals surface area contributed by atoms with Crippen LogP contribution in [0.3, 0.4) is 0 Å². The molecule has 1 fully saturated rings. The van der Waals surface area contributed by atoms with E-state index in [1.807, 2.05) is 19.9 Å². The van der Waals surface area contributed by atoms with Crippen molar-refractivity contribution in [3.05, 3.63) is 33.9 Å². The Balaban J connectivity index is 2.16. The van der Waals surface area contributed by atoms with Gasteiger partial charge in [0.25, 0.3) is 5.69 Å². The van der Waals surface area contributed by atoms with Gasteiger partial charge in [-0.3, -0.25) is 10.1 Å². The third-order valence-electron chi connectivity index (χ3n) is 4.40. The molecule has 1 aromatic rings. The lowest BCUT2D eigenvalue weighted by Gasteiger charge is -2.38. The molecule has 0 saturated heterocycles. The molecule has 0 radical (unpaired) electrons. The summed E-state index contributed by atoms with van der Waals surface area (Å²) < 4.78 is 0. The van der Waals surface area contributed by atoms with Crippen molar-refractivity contribution in [3.8, 4) is 0 Å². The largest absolute Gasteiger partial charge is 0.392 e. The number of anilines is 1. The van der Waals surface area contributed by atoms with Crippen molar-refractivity contribution in [2.45, 2.75) is 45.6 Å². The Morgan fingerprint density at radius 1 is 1.50 bits per heavy atom. The Morgan fingerprint density at radius 2 is 2.25 bits per heavy atom. The zero-order chi connectivity index (χ0) is 14.8. The molecule has 0 heterocycles. The van der Waals surface area contributed by atoms with Crippen LogP contribution >= 0.6 is 0 Å². The Kier molecular flexibility index (Phi) is 4.28. The van der Waals surface area contributed by atoms with Crippen LogP contribution in [0.25, 0.3) is 0 Å². The normalized spacial score (nSPS) is 26.2. The van der Waals surface area contributed by atoms with E-state index in [0.29, 0.717) is 12.2 Å². The Bertz CT molecular complexity index is 504. The minimum atomic E-state index is -0.366. The monoisotopic (exact) mass is 278 g/mol. The fraction of sp³-hybridized carbons (Fsp3) is 0.600. The summed E-state index contributed by atoms with van der Waals surface area (Å²) in [7, 11) is 0. The third kappa shape index (κ3) is 2.93. The lowest BCUT2D eigenvalue weighted by Crippen LogP contribution is -2.41. The lowest BCUT2D eigenvalue weighted by atomic mass is 9.73. The molecule has 110 valence electrons. The Morgan fingerprint density at radius 3 is 2.90 bits per heavy atom. The van der Waals surface area contributed by atoms with Gasteiger partial charge in [-0.15, -0.1) is 0 Å². The zero-order valence-electron chi connectivity index (χ0n) is 12.1. The topological polar surface area (TPSA) is 75.4 Å². The van der Waals surface area contributed by atoms with E-state index in [-0.39, 0.29) is 22.1 Å². The van der Waals surface area contributed by atoms with Crippen LogP contribution in [-0.2, 0) is 0 Å². The van der Waals surface area contributed by atoms with Crippen molar-refractivity contribution in [3.63, 3.8) is 0 Å². The quantitative estimate of drug-likeness (QED) is 0.654. The van der Waals surface area contributed by atoms with Gasteiger partial charge in [0.2, 0.25) is 0 Å². The SMILES string of the molecule is Cc1cccc([N+](=O)[O-])c1NCC1(C)CCCCC1O. The summed E-state index contributed by atoms with van der Waals surface area (Å²) in [5, 5.41) is 24.5. The summed E-state index contributed by atoms with van der Waals surface area (Å²) in [6.45, 7) is 4.46. The highest BCUT2D eigenvalue weighted by Gasteiger charge is 2.35. The zero-order valence-corrected chi connectivity index (χ0v) is 12.1. The van der Waals surface area contributed by atoms with Crippen LogP contribution in [0.2, 0.25) is 0 Å². The van der Waals surface area contributed by atoms with Crippen LogP contribution in [0.5, 0.6) is 0 Å². The van der Waals surface area contributed by atoms with Gasteiger partial charge in [-0.25, -0.2) is 0 Å². The lowest BCUT2D eigenvalue weighted by molar-refractivity contribution is -0.384. The van der Waals surface area contributed by atoms with Crippen LogP contribution in [0.15, 0.2) is 18.2 Å². The molecule has 0 amide bonds. The number of nitro benzene ring substituents is 1. The maximum atomic E-state index is 11.1. The molecule has 0 spiro atoms. The molecular formula is C15H22N2O3. The standard InChI is InChI=1S/C15H22N2O3/c1-11-6-5-7-12(17(19)20)14(11)16-10-15(2)9-4-3-8-13(15)18/h5-7,13,16,18H,3-4,8-10H2,1-2H3. The van der Waals surface area contributed by atoms with Crippen molar-refractivity contribution in [1.29, 1.82) is 0 Å². The van der Waals surface area contributed by atoms with E-state index in [2.05, 4.69) is 5.32 Å². The molecule has 1 saturated carbocycles. The number of aryl methyl sites for hydroxylation is 1. The maximum Gasteiger partial charge on any atom is 0.292 e. The van der Waals surface area contributed by atoms with Gasteiger partial charge >= 0.3 is 0 Å². The molecule has 5 heteroatoms. The van der Waals surface area contributed by atoms with Gasteiger partial charge in [0.05, 0.1) is 11.0 Å². The fourth-order valence-electron chi connectivity index (χ4n) is 2.91. The molecule has 2 unspecified atom stereocenters. The fourth-order valence-corrected chi connectivity index (χ4v) is 2.91. The van der Waals surface area contributed by atoms with Crippen molar-refractivity contribution in [2.75, 3.05) is 11.9 Å². The molecule has 2 atom stereocenters. The van der Waals surface area contributed by atoms with Crippen LogP contribution in [0, 0.1) is 22.5 Å². The van der Waals surface area contributed by atoms with Gasteiger partial charge in [-0.2, -0.15) is 0 Å². The van der Waals surface area contributed by atoms with Crippen molar-refractivity contribution >= 4 is 11.4 Å². The molecule has 2 N–H and O–H groups in total. The van der Waals surface area contributed by atoms with Crippen LogP contribution in [0.1, 0.15) is 38.2 Å². The smallest absolute Gasteiger partial charge is 0.292 e. The van der Waals surface area contributed by atoms with Crippen molar-refractivity contribution in [2.24, 2.45) is 5.41 Å². The molecule has 1 aromatic carbocycles. The molecular weight excluding hydrogens is 256 g/mol.